The number of benzene rings is 2. The van der Waals surface area contributed by atoms with E-state index in [1.807, 2.05) is 93.2 Å². The number of hydrogen-bond donors (Lipinski definition) is 3. The highest BCUT2D eigenvalue weighted by molar-refractivity contribution is 7.85. The first-order chi connectivity index (χ1) is 28.7. The van der Waals surface area contributed by atoms with Gasteiger partial charge in [0.1, 0.15) is 11.8 Å². The van der Waals surface area contributed by atoms with Crippen LogP contribution in [0.2, 0.25) is 0 Å². The van der Waals surface area contributed by atoms with Gasteiger partial charge in [-0.05, 0) is 68.3 Å². The van der Waals surface area contributed by atoms with Gasteiger partial charge in [-0.3, -0.25) is 28.7 Å². The highest BCUT2D eigenvalue weighted by Crippen LogP contribution is 2.48. The highest BCUT2D eigenvalue weighted by atomic mass is 32.2. The van der Waals surface area contributed by atoms with E-state index in [4.69, 9.17) is 4.84 Å². The molecule has 3 N–H and O–H groups in total. The highest BCUT2D eigenvalue weighted by Gasteiger charge is 2.43. The topological polar surface area (TPSA) is 195 Å². The molecule has 1 unspecified atom stereocenters. The fraction of sp³-hybridized carbons (Fsp3) is 0.467. The fourth-order valence-electron chi connectivity index (χ4n) is 8.16. The number of hydroxylamine groups is 2. The number of nitrogens with zero attached hydrogens (tertiary/aromatic N) is 4. The summed E-state index contributed by atoms with van der Waals surface area (Å²) in [5, 5.41) is 6.38. The maximum absolute atomic E-state index is 14.3. The Labute approximate surface area is 358 Å². The first-order valence-corrected chi connectivity index (χ1v) is 22.1. The maximum atomic E-state index is 14.3. The van der Waals surface area contributed by atoms with Gasteiger partial charge in [0.05, 0.1) is 5.70 Å². The Morgan fingerprint density at radius 1 is 1.02 bits per heavy atom. The molecular weight excluding hydrogens is 801 g/mol. The molecule has 0 aromatic heterocycles. The van der Waals surface area contributed by atoms with Gasteiger partial charge in [-0.2, -0.15) is 8.42 Å². The summed E-state index contributed by atoms with van der Waals surface area (Å²) in [5.74, 6) is -3.64. The molecule has 5 rings (SSSR count). The van der Waals surface area contributed by atoms with Crippen molar-refractivity contribution in [1.82, 2.24) is 20.6 Å². The van der Waals surface area contributed by atoms with Crippen molar-refractivity contribution in [2.75, 3.05) is 51.4 Å². The number of aliphatic imine (C=N–C) groups is 1. The van der Waals surface area contributed by atoms with Crippen molar-refractivity contribution < 1.29 is 41.8 Å². The number of ketones is 1. The number of anilines is 1. The second-order valence-corrected chi connectivity index (χ2v) is 18.3. The van der Waals surface area contributed by atoms with Crippen LogP contribution in [-0.2, 0) is 49.8 Å². The van der Waals surface area contributed by atoms with Gasteiger partial charge in [-0.25, -0.2) is 4.79 Å². The third-order valence-electron chi connectivity index (χ3n) is 11.7. The molecule has 1 aliphatic carbocycles. The van der Waals surface area contributed by atoms with Crippen molar-refractivity contribution in [3.63, 3.8) is 0 Å². The smallest absolute Gasteiger partial charge is 0.333 e. The third-order valence-corrected chi connectivity index (χ3v) is 12.4. The van der Waals surface area contributed by atoms with E-state index < -0.39 is 56.4 Å². The third kappa shape index (κ3) is 10.7. The number of likely N-dealkylation sites (N-methyl/N-ethyl adjacent to an activating group) is 2. The predicted octanol–water partition coefficient (Wildman–Crippen LogP) is 4.48. The van der Waals surface area contributed by atoms with E-state index in [1.165, 1.54) is 0 Å². The van der Waals surface area contributed by atoms with Crippen LogP contribution >= 0.6 is 0 Å². The molecule has 2 heterocycles. The minimum absolute atomic E-state index is 0.0311. The van der Waals surface area contributed by atoms with E-state index >= 15 is 0 Å². The van der Waals surface area contributed by atoms with Gasteiger partial charge in [0.15, 0.2) is 5.78 Å². The van der Waals surface area contributed by atoms with Crippen LogP contribution in [0, 0.1) is 6.92 Å². The Bertz CT molecular complexity index is 2290. The van der Waals surface area contributed by atoms with Gasteiger partial charge in [0.25, 0.3) is 21.9 Å². The lowest BCUT2D eigenvalue weighted by atomic mass is 9.75. The summed E-state index contributed by atoms with van der Waals surface area (Å²) in [5.41, 5.74) is 5.16. The summed E-state index contributed by atoms with van der Waals surface area (Å²) < 4.78 is 34.8. The van der Waals surface area contributed by atoms with Crippen LogP contribution in [0.5, 0.6) is 0 Å². The number of imide groups is 1. The number of rotatable bonds is 19. The lowest BCUT2D eigenvalue weighted by Gasteiger charge is -2.33. The zero-order valence-electron chi connectivity index (χ0n) is 36.3. The fourth-order valence-corrected chi connectivity index (χ4v) is 8.82. The Morgan fingerprint density at radius 3 is 2.31 bits per heavy atom. The molecule has 0 radical (unpaired) electrons. The Hall–Kier alpha value is -5.45. The SMILES string of the molecule is CN=C(/C=C1\C(=O)C(/C=C2/N(C)c3ccccc3C2(C)C)=C1NC(CS(=O)(=O)O)C(=O)NCCN(C)CCCCCC(=O)ON1C(=O)CCC1=O)C(C)(C)c1ccccc1C. The second kappa shape index (κ2) is 19.1. The molecule has 0 saturated carbocycles. The van der Waals surface area contributed by atoms with Crippen molar-refractivity contribution in [1.29, 1.82) is 0 Å². The van der Waals surface area contributed by atoms with E-state index in [9.17, 15) is 36.9 Å². The lowest BCUT2D eigenvalue weighted by molar-refractivity contribution is -0.197. The Morgan fingerprint density at radius 2 is 1.67 bits per heavy atom. The maximum Gasteiger partial charge on any atom is 0.333 e. The quantitative estimate of drug-likeness (QED) is 0.0591. The van der Waals surface area contributed by atoms with Crippen LogP contribution in [0.4, 0.5) is 5.69 Å². The van der Waals surface area contributed by atoms with Gasteiger partial charge in [-0.1, -0.05) is 76.6 Å². The number of aryl methyl sites for hydroxylation is 1. The molecule has 3 amide bonds. The van der Waals surface area contributed by atoms with Crippen LogP contribution in [0.3, 0.4) is 0 Å². The minimum atomic E-state index is -4.68. The number of Topliss-reactive ketones (excluding diaryl/α,β-unsaturated/α-hetero) is 1. The number of hydrogen-bond acceptors (Lipinski definition) is 12. The molecule has 3 aliphatic rings. The molecule has 0 bridgehead atoms. The van der Waals surface area contributed by atoms with E-state index in [1.54, 1.807) is 19.2 Å². The number of carbonyl (C=O) groups excluding carboxylic acids is 5. The number of amides is 3. The first kappa shape index (κ1) is 46.6. The summed E-state index contributed by atoms with van der Waals surface area (Å²) >= 11 is 0. The molecule has 61 heavy (non-hydrogen) atoms. The van der Waals surface area contributed by atoms with E-state index in [2.05, 4.69) is 29.5 Å². The molecule has 328 valence electrons. The van der Waals surface area contributed by atoms with Crippen LogP contribution in [0.1, 0.15) is 82.9 Å². The largest absolute Gasteiger partial charge is 0.372 e. The zero-order valence-corrected chi connectivity index (χ0v) is 37.1. The number of allylic oxidation sites excluding steroid dienone is 5. The average Bonchev–Trinajstić information content (AvgIpc) is 3.61. The second-order valence-electron chi connectivity index (χ2n) is 16.9. The average molecular weight is 859 g/mol. The number of fused-ring (bicyclic) bond motifs is 1. The van der Waals surface area contributed by atoms with Gasteiger partial charge in [0.2, 0.25) is 5.91 Å². The number of para-hydroxylation sites is 1. The summed E-state index contributed by atoms with van der Waals surface area (Å²) in [6, 6.07) is 14.4. The lowest BCUT2D eigenvalue weighted by Crippen LogP contribution is -2.51. The summed E-state index contributed by atoms with van der Waals surface area (Å²) in [6.45, 7) is 11.3. The Kier molecular flexibility index (Phi) is 14.6. The molecular formula is C45H58N6O9S. The van der Waals surface area contributed by atoms with E-state index in [0.29, 0.717) is 43.1 Å². The summed E-state index contributed by atoms with van der Waals surface area (Å²) in [6.07, 6.45) is 5.46. The van der Waals surface area contributed by atoms with Crippen LogP contribution in [-0.4, -0.2) is 111 Å². The van der Waals surface area contributed by atoms with Crippen molar-refractivity contribution >= 4 is 51.0 Å². The molecule has 1 atom stereocenters. The van der Waals surface area contributed by atoms with Crippen molar-refractivity contribution in [2.24, 2.45) is 4.99 Å². The normalized spacial score (nSPS) is 18.6. The van der Waals surface area contributed by atoms with Crippen LogP contribution < -0.4 is 15.5 Å². The van der Waals surface area contributed by atoms with Crippen LogP contribution in [0.15, 0.2) is 88.2 Å². The first-order valence-electron chi connectivity index (χ1n) is 20.5. The van der Waals surface area contributed by atoms with Gasteiger partial charge in [-0.15, -0.1) is 5.06 Å². The number of nitrogens with one attached hydrogen (secondary N) is 2. The van der Waals surface area contributed by atoms with Gasteiger partial charge in [0, 0.05) is 85.5 Å². The molecule has 15 nitrogen and oxygen atoms in total. The van der Waals surface area contributed by atoms with Gasteiger partial charge < -0.3 is 25.3 Å². The molecule has 2 aliphatic heterocycles. The van der Waals surface area contributed by atoms with Crippen molar-refractivity contribution in [3.8, 4) is 0 Å². The standard InChI is InChI=1S/C45H58N6O9S/c1-29-16-11-12-17-32(29)44(2,3)36(46-6)26-30-41(31(42(30)55)27-37-45(4,5)33-18-13-14-19-35(33)50(37)8)48-34(28-61(57,58)59)43(56)47-23-25-49(7)24-15-9-10-20-40(54)60-51-38(52)21-22-39(51)53/h11-14,16-19,26-27,34,48H,9-10,15,20-25,28H2,1-8H3,(H,47,56)(H,57,58,59)/b30-26-,37-27+,46-36?. The van der Waals surface area contributed by atoms with Crippen molar-refractivity contribution in [3.05, 3.63) is 99.9 Å². The summed E-state index contributed by atoms with van der Waals surface area (Å²) in [4.78, 5) is 77.0. The molecule has 2 aromatic carbocycles. The monoisotopic (exact) mass is 858 g/mol. The molecule has 1 saturated heterocycles. The number of carbonyl (C=O) groups is 5. The number of unbranched alkanes of at least 4 members (excludes halogenated alkanes) is 2. The summed E-state index contributed by atoms with van der Waals surface area (Å²) in [7, 11) is 0.744. The van der Waals surface area contributed by atoms with Crippen LogP contribution in [0.25, 0.3) is 0 Å². The van der Waals surface area contributed by atoms with Gasteiger partial charge >= 0.3 is 5.97 Å². The van der Waals surface area contributed by atoms with E-state index in [0.717, 1.165) is 28.1 Å². The Balaban J connectivity index is 1.32. The zero-order chi connectivity index (χ0) is 44.9. The molecule has 2 aromatic rings. The van der Waals surface area contributed by atoms with E-state index in [-0.39, 0.29) is 48.4 Å². The predicted molar refractivity (Wildman–Crippen MR) is 233 cm³/mol. The molecule has 16 heteroatoms. The molecule has 0 spiro atoms. The molecule has 1 fully saturated rings. The minimum Gasteiger partial charge on any atom is -0.372 e. The van der Waals surface area contributed by atoms with Crippen molar-refractivity contribution in [2.45, 2.75) is 90.0 Å².